The molecule has 1 aromatic heterocycles. The number of benzene rings is 1. The minimum absolute atomic E-state index is 0.387. The summed E-state index contributed by atoms with van der Waals surface area (Å²) in [4.78, 5) is 5.90. The molecule has 0 saturated heterocycles. The summed E-state index contributed by atoms with van der Waals surface area (Å²) in [7, 11) is 1.70. The lowest BCUT2D eigenvalue weighted by Gasteiger charge is -2.08. The van der Waals surface area contributed by atoms with Crippen LogP contribution in [0, 0.1) is 13.8 Å². The average Bonchev–Trinajstić information content (AvgIpc) is 2.69. The minimum atomic E-state index is 0.387. The van der Waals surface area contributed by atoms with E-state index in [-0.39, 0.29) is 0 Å². The van der Waals surface area contributed by atoms with Crippen molar-refractivity contribution in [1.29, 1.82) is 0 Å². The summed E-state index contributed by atoms with van der Waals surface area (Å²) in [6, 6.07) is 6.56. The monoisotopic (exact) mass is 276 g/mol. The number of hydrogen-bond donors (Lipinski definition) is 1. The Morgan fingerprint density at radius 2 is 2.00 bits per heavy atom. The predicted octanol–water partition coefficient (Wildman–Crippen LogP) is 4.26. The molecule has 2 rings (SSSR count). The van der Waals surface area contributed by atoms with Gasteiger partial charge in [-0.05, 0) is 39.8 Å². The number of hydrogen-bond acceptors (Lipinski definition) is 4. The number of anilines is 1. The van der Waals surface area contributed by atoms with Gasteiger partial charge in [0.05, 0.1) is 12.8 Å². The molecule has 2 aromatic rings. The van der Waals surface area contributed by atoms with Crippen molar-refractivity contribution >= 4 is 16.5 Å². The van der Waals surface area contributed by atoms with Gasteiger partial charge in [-0.25, -0.2) is 4.98 Å². The fraction of sp³-hybridized carbons (Fsp3) is 0.400. The van der Waals surface area contributed by atoms with E-state index in [1.165, 1.54) is 10.4 Å². The average molecular weight is 276 g/mol. The van der Waals surface area contributed by atoms with Crippen LogP contribution in [0.15, 0.2) is 18.2 Å². The molecule has 0 aliphatic rings. The topological polar surface area (TPSA) is 34.1 Å². The Morgan fingerprint density at radius 3 is 2.63 bits per heavy atom. The van der Waals surface area contributed by atoms with Crippen molar-refractivity contribution in [1.82, 2.24) is 4.98 Å². The molecule has 1 heterocycles. The van der Waals surface area contributed by atoms with Gasteiger partial charge in [0.2, 0.25) is 0 Å². The minimum Gasteiger partial charge on any atom is -0.496 e. The lowest BCUT2D eigenvalue weighted by molar-refractivity contribution is 0.416. The first-order chi connectivity index (χ1) is 9.01. The Morgan fingerprint density at radius 1 is 1.26 bits per heavy atom. The maximum Gasteiger partial charge on any atom is 0.183 e. The summed E-state index contributed by atoms with van der Waals surface area (Å²) in [6.45, 7) is 8.41. The summed E-state index contributed by atoms with van der Waals surface area (Å²) in [5.74, 6) is 0.870. The van der Waals surface area contributed by atoms with Crippen molar-refractivity contribution < 1.29 is 4.74 Å². The quantitative estimate of drug-likeness (QED) is 0.906. The van der Waals surface area contributed by atoms with Gasteiger partial charge >= 0.3 is 0 Å². The van der Waals surface area contributed by atoms with Crippen molar-refractivity contribution in [3.05, 3.63) is 28.6 Å². The third-order valence-electron chi connectivity index (χ3n) is 2.82. The molecule has 0 aliphatic heterocycles. The predicted molar refractivity (Wildman–Crippen MR) is 82.3 cm³/mol. The first kappa shape index (κ1) is 13.9. The fourth-order valence-corrected chi connectivity index (χ4v) is 2.94. The van der Waals surface area contributed by atoms with Crippen molar-refractivity contribution in [3.63, 3.8) is 0 Å². The number of thiazole rings is 1. The molecule has 4 heteroatoms. The number of nitrogens with one attached hydrogen (secondary N) is 1. The van der Waals surface area contributed by atoms with Crippen LogP contribution in [0.1, 0.15) is 24.3 Å². The number of ether oxygens (including phenoxy) is 1. The number of methoxy groups -OCH3 is 1. The first-order valence-electron chi connectivity index (χ1n) is 6.40. The van der Waals surface area contributed by atoms with Gasteiger partial charge in [-0.3, -0.25) is 0 Å². The van der Waals surface area contributed by atoms with Crippen molar-refractivity contribution in [2.75, 3.05) is 12.4 Å². The molecule has 0 spiro atoms. The maximum absolute atomic E-state index is 5.44. The molecule has 0 amide bonds. The zero-order chi connectivity index (χ0) is 14.0. The van der Waals surface area contributed by atoms with Crippen LogP contribution in [-0.4, -0.2) is 18.1 Å². The summed E-state index contributed by atoms with van der Waals surface area (Å²) in [5.41, 5.74) is 3.28. The Hall–Kier alpha value is -1.55. The third kappa shape index (κ3) is 3.07. The second-order valence-electron chi connectivity index (χ2n) is 4.93. The standard InChI is InChI=1S/C15H20N2OS/c1-9(2)16-15-17-14(11(4)19-15)12-8-10(3)6-7-13(12)18-5/h6-9H,1-5H3,(H,16,17). The van der Waals surface area contributed by atoms with Gasteiger partial charge in [-0.2, -0.15) is 0 Å². The second-order valence-corrected chi connectivity index (χ2v) is 6.13. The molecule has 0 fully saturated rings. The zero-order valence-corrected chi connectivity index (χ0v) is 12.9. The van der Waals surface area contributed by atoms with Gasteiger partial charge in [0.15, 0.2) is 5.13 Å². The van der Waals surface area contributed by atoms with E-state index in [4.69, 9.17) is 9.72 Å². The van der Waals surface area contributed by atoms with Crippen LogP contribution in [-0.2, 0) is 0 Å². The molecule has 0 aliphatic carbocycles. The molecule has 1 aromatic carbocycles. The van der Waals surface area contributed by atoms with E-state index < -0.39 is 0 Å². The lowest BCUT2D eigenvalue weighted by Crippen LogP contribution is -2.09. The molecular formula is C15H20N2OS. The van der Waals surface area contributed by atoms with Crippen molar-refractivity contribution in [2.24, 2.45) is 0 Å². The summed E-state index contributed by atoms with van der Waals surface area (Å²) in [6.07, 6.45) is 0. The number of nitrogens with zero attached hydrogens (tertiary/aromatic N) is 1. The molecule has 0 radical (unpaired) electrons. The van der Waals surface area contributed by atoms with Crippen LogP contribution in [0.25, 0.3) is 11.3 Å². The van der Waals surface area contributed by atoms with Gasteiger partial charge < -0.3 is 10.1 Å². The number of rotatable bonds is 4. The summed E-state index contributed by atoms with van der Waals surface area (Å²) < 4.78 is 5.44. The number of aryl methyl sites for hydroxylation is 2. The second kappa shape index (κ2) is 5.61. The molecule has 0 saturated carbocycles. The summed E-state index contributed by atoms with van der Waals surface area (Å²) in [5, 5.41) is 4.32. The van der Waals surface area contributed by atoms with Crippen LogP contribution in [0.2, 0.25) is 0 Å². The number of aromatic nitrogens is 1. The molecule has 0 atom stereocenters. The Kier molecular flexibility index (Phi) is 4.10. The molecule has 0 unspecified atom stereocenters. The third-order valence-corrected chi connectivity index (χ3v) is 3.72. The zero-order valence-electron chi connectivity index (χ0n) is 12.1. The first-order valence-corrected chi connectivity index (χ1v) is 7.22. The molecular weight excluding hydrogens is 256 g/mol. The van der Waals surface area contributed by atoms with Crippen LogP contribution in [0.5, 0.6) is 5.75 Å². The largest absolute Gasteiger partial charge is 0.496 e. The lowest BCUT2D eigenvalue weighted by atomic mass is 10.1. The van der Waals surface area contributed by atoms with Gasteiger partial charge in [-0.1, -0.05) is 11.6 Å². The highest BCUT2D eigenvalue weighted by Crippen LogP contribution is 2.36. The van der Waals surface area contributed by atoms with Crippen LogP contribution in [0.3, 0.4) is 0 Å². The van der Waals surface area contributed by atoms with Gasteiger partial charge in [-0.15, -0.1) is 11.3 Å². The van der Waals surface area contributed by atoms with Crippen LogP contribution >= 0.6 is 11.3 Å². The highest BCUT2D eigenvalue weighted by molar-refractivity contribution is 7.16. The van der Waals surface area contributed by atoms with Crippen LogP contribution in [0.4, 0.5) is 5.13 Å². The Balaban J connectivity index is 2.46. The van der Waals surface area contributed by atoms with E-state index in [1.54, 1.807) is 18.4 Å². The van der Waals surface area contributed by atoms with Gasteiger partial charge in [0, 0.05) is 16.5 Å². The molecule has 102 valence electrons. The van der Waals surface area contributed by atoms with Crippen LogP contribution < -0.4 is 10.1 Å². The maximum atomic E-state index is 5.44. The van der Waals surface area contributed by atoms with Crippen molar-refractivity contribution in [2.45, 2.75) is 33.7 Å². The van der Waals surface area contributed by atoms with E-state index in [2.05, 4.69) is 45.1 Å². The molecule has 1 N–H and O–H groups in total. The van der Waals surface area contributed by atoms with Gasteiger partial charge in [0.25, 0.3) is 0 Å². The smallest absolute Gasteiger partial charge is 0.183 e. The normalized spacial score (nSPS) is 10.8. The molecule has 0 bridgehead atoms. The van der Waals surface area contributed by atoms with E-state index in [1.807, 2.05) is 6.07 Å². The van der Waals surface area contributed by atoms with E-state index in [0.717, 1.165) is 22.1 Å². The highest BCUT2D eigenvalue weighted by atomic mass is 32.1. The van der Waals surface area contributed by atoms with E-state index >= 15 is 0 Å². The van der Waals surface area contributed by atoms with Gasteiger partial charge in [0.1, 0.15) is 5.75 Å². The highest BCUT2D eigenvalue weighted by Gasteiger charge is 2.14. The van der Waals surface area contributed by atoms with E-state index in [0.29, 0.717) is 6.04 Å². The Labute approximate surface area is 118 Å². The summed E-state index contributed by atoms with van der Waals surface area (Å²) >= 11 is 1.68. The van der Waals surface area contributed by atoms with E-state index in [9.17, 15) is 0 Å². The Bertz CT molecular complexity index is 576. The van der Waals surface area contributed by atoms with Crippen molar-refractivity contribution in [3.8, 4) is 17.0 Å². The fourth-order valence-electron chi connectivity index (χ4n) is 1.96. The molecule has 19 heavy (non-hydrogen) atoms. The molecule has 3 nitrogen and oxygen atoms in total. The SMILES string of the molecule is COc1ccc(C)cc1-c1nc(NC(C)C)sc1C.